The van der Waals surface area contributed by atoms with E-state index in [2.05, 4.69) is 18.7 Å². The standard InChI is InChI=1S/C17H23NO3/c1-12(2)13-5-7-18(8-6-13)10-15(19)14-3-4-16-17(9-14)21-11-20-16/h3-4,9,12-13H,5-8,10-11H2,1-2H3. The Bertz CT molecular complexity index is 519. The Labute approximate surface area is 126 Å². The van der Waals surface area contributed by atoms with E-state index in [0.717, 1.165) is 30.7 Å². The molecule has 1 aromatic rings. The van der Waals surface area contributed by atoms with Crippen LogP contribution in [0.5, 0.6) is 11.5 Å². The Kier molecular flexibility index (Phi) is 4.15. The van der Waals surface area contributed by atoms with Gasteiger partial charge in [0, 0.05) is 5.56 Å². The topological polar surface area (TPSA) is 38.8 Å². The Morgan fingerprint density at radius 3 is 2.67 bits per heavy atom. The molecule has 0 radical (unpaired) electrons. The molecule has 0 N–H and O–H groups in total. The van der Waals surface area contributed by atoms with E-state index in [9.17, 15) is 4.79 Å². The molecule has 0 amide bonds. The summed E-state index contributed by atoms with van der Waals surface area (Å²) in [6.45, 7) is 7.38. The molecule has 21 heavy (non-hydrogen) atoms. The second-order valence-electron chi connectivity index (χ2n) is 6.35. The number of piperidine rings is 1. The zero-order chi connectivity index (χ0) is 14.8. The Hall–Kier alpha value is -1.55. The van der Waals surface area contributed by atoms with Crippen molar-refractivity contribution in [3.05, 3.63) is 23.8 Å². The van der Waals surface area contributed by atoms with Crippen molar-refractivity contribution in [2.75, 3.05) is 26.4 Å². The lowest BCUT2D eigenvalue weighted by Gasteiger charge is -2.33. The number of benzene rings is 1. The van der Waals surface area contributed by atoms with E-state index in [1.54, 1.807) is 6.07 Å². The monoisotopic (exact) mass is 289 g/mol. The highest BCUT2D eigenvalue weighted by molar-refractivity contribution is 5.98. The van der Waals surface area contributed by atoms with Gasteiger partial charge in [-0.25, -0.2) is 0 Å². The minimum absolute atomic E-state index is 0.163. The van der Waals surface area contributed by atoms with Gasteiger partial charge in [-0.3, -0.25) is 9.69 Å². The van der Waals surface area contributed by atoms with Gasteiger partial charge in [0.15, 0.2) is 17.3 Å². The molecule has 0 unspecified atom stereocenters. The van der Waals surface area contributed by atoms with Gasteiger partial charge in [0.1, 0.15) is 0 Å². The Morgan fingerprint density at radius 2 is 1.95 bits per heavy atom. The van der Waals surface area contributed by atoms with Crippen LogP contribution in [0.15, 0.2) is 18.2 Å². The molecule has 0 aliphatic carbocycles. The summed E-state index contributed by atoms with van der Waals surface area (Å²) in [5, 5.41) is 0. The Balaban J connectivity index is 1.57. The number of hydrogen-bond donors (Lipinski definition) is 0. The van der Waals surface area contributed by atoms with E-state index in [4.69, 9.17) is 9.47 Å². The molecule has 0 spiro atoms. The summed E-state index contributed by atoms with van der Waals surface area (Å²) < 4.78 is 10.6. The highest BCUT2D eigenvalue weighted by Crippen LogP contribution is 2.32. The third-order valence-electron chi connectivity index (χ3n) is 4.64. The molecule has 3 rings (SSSR count). The van der Waals surface area contributed by atoms with Crippen LogP contribution in [0, 0.1) is 11.8 Å². The molecule has 0 aromatic heterocycles. The summed E-state index contributed by atoms with van der Waals surface area (Å²) in [4.78, 5) is 14.7. The molecule has 4 heteroatoms. The number of Topliss-reactive ketones (excluding diaryl/α,β-unsaturated/α-hetero) is 1. The van der Waals surface area contributed by atoms with Gasteiger partial charge in [-0.1, -0.05) is 13.8 Å². The second kappa shape index (κ2) is 6.06. The predicted molar refractivity (Wildman–Crippen MR) is 80.9 cm³/mol. The molecule has 114 valence electrons. The summed E-state index contributed by atoms with van der Waals surface area (Å²) in [5.41, 5.74) is 0.713. The summed E-state index contributed by atoms with van der Waals surface area (Å²) in [5.74, 6) is 3.12. The predicted octanol–water partition coefficient (Wildman–Crippen LogP) is 2.97. The molecular formula is C17H23NO3. The van der Waals surface area contributed by atoms with Gasteiger partial charge in [-0.2, -0.15) is 0 Å². The normalized spacial score (nSPS) is 19.2. The smallest absolute Gasteiger partial charge is 0.231 e. The first-order valence-electron chi connectivity index (χ1n) is 7.78. The number of hydrogen-bond acceptors (Lipinski definition) is 4. The Morgan fingerprint density at radius 1 is 1.24 bits per heavy atom. The van der Waals surface area contributed by atoms with Crippen LogP contribution in [0.3, 0.4) is 0 Å². The van der Waals surface area contributed by atoms with Crippen molar-refractivity contribution in [1.29, 1.82) is 0 Å². The number of rotatable bonds is 4. The van der Waals surface area contributed by atoms with Crippen LogP contribution in [0.4, 0.5) is 0 Å². The van der Waals surface area contributed by atoms with E-state index >= 15 is 0 Å². The maximum absolute atomic E-state index is 12.4. The number of carbonyl (C=O) groups is 1. The fraction of sp³-hybridized carbons (Fsp3) is 0.588. The lowest BCUT2D eigenvalue weighted by atomic mass is 9.86. The highest BCUT2D eigenvalue weighted by Gasteiger charge is 2.23. The van der Waals surface area contributed by atoms with E-state index < -0.39 is 0 Å². The van der Waals surface area contributed by atoms with Crippen molar-refractivity contribution in [2.24, 2.45) is 11.8 Å². The minimum Gasteiger partial charge on any atom is -0.454 e. The quantitative estimate of drug-likeness (QED) is 0.799. The molecular weight excluding hydrogens is 266 g/mol. The molecule has 2 heterocycles. The maximum Gasteiger partial charge on any atom is 0.231 e. The van der Waals surface area contributed by atoms with Gasteiger partial charge >= 0.3 is 0 Å². The molecule has 4 nitrogen and oxygen atoms in total. The number of fused-ring (bicyclic) bond motifs is 1. The van der Waals surface area contributed by atoms with Gasteiger partial charge in [0.05, 0.1) is 6.54 Å². The summed E-state index contributed by atoms with van der Waals surface area (Å²) in [6, 6.07) is 5.45. The van der Waals surface area contributed by atoms with Crippen molar-refractivity contribution < 1.29 is 14.3 Å². The van der Waals surface area contributed by atoms with Crippen molar-refractivity contribution in [1.82, 2.24) is 4.90 Å². The van der Waals surface area contributed by atoms with Crippen molar-refractivity contribution in [3.63, 3.8) is 0 Å². The van der Waals surface area contributed by atoms with E-state index in [1.165, 1.54) is 12.8 Å². The fourth-order valence-electron chi connectivity index (χ4n) is 3.14. The fourth-order valence-corrected chi connectivity index (χ4v) is 3.14. The lowest BCUT2D eigenvalue weighted by Crippen LogP contribution is -2.38. The molecule has 0 atom stereocenters. The van der Waals surface area contributed by atoms with Crippen molar-refractivity contribution in [2.45, 2.75) is 26.7 Å². The van der Waals surface area contributed by atoms with Crippen LogP contribution in [-0.4, -0.2) is 37.1 Å². The minimum atomic E-state index is 0.163. The number of carbonyl (C=O) groups excluding carboxylic acids is 1. The summed E-state index contributed by atoms with van der Waals surface area (Å²) >= 11 is 0. The first-order valence-corrected chi connectivity index (χ1v) is 7.78. The first-order chi connectivity index (χ1) is 10.1. The van der Waals surface area contributed by atoms with Crippen molar-refractivity contribution in [3.8, 4) is 11.5 Å². The van der Waals surface area contributed by atoms with Crippen molar-refractivity contribution >= 4 is 5.78 Å². The second-order valence-corrected chi connectivity index (χ2v) is 6.35. The third-order valence-corrected chi connectivity index (χ3v) is 4.64. The molecule has 0 saturated carbocycles. The largest absolute Gasteiger partial charge is 0.454 e. The van der Waals surface area contributed by atoms with E-state index in [-0.39, 0.29) is 12.6 Å². The SMILES string of the molecule is CC(C)C1CCN(CC(=O)c2ccc3c(c2)OCO3)CC1. The van der Waals surface area contributed by atoms with E-state index in [1.807, 2.05) is 12.1 Å². The van der Waals surface area contributed by atoms with Gasteiger partial charge < -0.3 is 9.47 Å². The maximum atomic E-state index is 12.4. The summed E-state index contributed by atoms with van der Waals surface area (Å²) in [7, 11) is 0. The molecule has 1 aromatic carbocycles. The van der Waals surface area contributed by atoms with Gasteiger partial charge in [-0.05, 0) is 56.0 Å². The summed E-state index contributed by atoms with van der Waals surface area (Å²) in [6.07, 6.45) is 2.40. The number of likely N-dealkylation sites (tertiary alicyclic amines) is 1. The molecule has 2 aliphatic rings. The number of ether oxygens (including phenoxy) is 2. The van der Waals surface area contributed by atoms with Crippen LogP contribution >= 0.6 is 0 Å². The van der Waals surface area contributed by atoms with Crippen LogP contribution < -0.4 is 9.47 Å². The molecule has 2 aliphatic heterocycles. The zero-order valence-electron chi connectivity index (χ0n) is 12.8. The molecule has 1 saturated heterocycles. The first kappa shape index (κ1) is 14.4. The van der Waals surface area contributed by atoms with Crippen LogP contribution in [0.1, 0.15) is 37.0 Å². The van der Waals surface area contributed by atoms with E-state index in [0.29, 0.717) is 17.9 Å². The van der Waals surface area contributed by atoms with Gasteiger partial charge in [0.2, 0.25) is 6.79 Å². The van der Waals surface area contributed by atoms with Gasteiger partial charge in [0.25, 0.3) is 0 Å². The average Bonchev–Trinajstić information content (AvgIpc) is 2.95. The van der Waals surface area contributed by atoms with Crippen LogP contribution in [0.25, 0.3) is 0 Å². The molecule has 1 fully saturated rings. The number of ketones is 1. The highest BCUT2D eigenvalue weighted by atomic mass is 16.7. The van der Waals surface area contributed by atoms with Crippen LogP contribution in [-0.2, 0) is 0 Å². The average molecular weight is 289 g/mol. The number of nitrogens with zero attached hydrogens (tertiary/aromatic N) is 1. The zero-order valence-corrected chi connectivity index (χ0v) is 12.8. The third kappa shape index (κ3) is 3.21. The lowest BCUT2D eigenvalue weighted by molar-refractivity contribution is 0.0879. The van der Waals surface area contributed by atoms with Crippen LogP contribution in [0.2, 0.25) is 0 Å². The van der Waals surface area contributed by atoms with Gasteiger partial charge in [-0.15, -0.1) is 0 Å². The molecule has 0 bridgehead atoms.